The van der Waals surface area contributed by atoms with Gasteiger partial charge in [0.25, 0.3) is 5.56 Å². The topological polar surface area (TPSA) is 50.2 Å². The van der Waals surface area contributed by atoms with E-state index in [0.29, 0.717) is 6.54 Å². The van der Waals surface area contributed by atoms with Crippen LogP contribution in [0.2, 0.25) is 0 Å². The molecule has 2 rings (SSSR count). The van der Waals surface area contributed by atoms with Crippen LogP contribution in [0.25, 0.3) is 0 Å². The number of aryl methyl sites for hydroxylation is 1. The largest absolute Gasteiger partial charge is 0.376 e. The lowest BCUT2D eigenvalue weighted by Gasteiger charge is -2.20. The second-order valence-electron chi connectivity index (χ2n) is 5.33. The molecule has 1 atom stereocenters. The zero-order valence-electron chi connectivity index (χ0n) is 13.0. The number of benzene rings is 1. The Labute approximate surface area is 125 Å². The van der Waals surface area contributed by atoms with Gasteiger partial charge in [-0.25, -0.2) is 4.68 Å². The third-order valence-corrected chi connectivity index (χ3v) is 3.64. The number of likely N-dealkylation sites (N-methyl/N-ethyl adjacent to an activating group) is 1. The maximum Gasteiger partial charge on any atom is 0.268 e. The normalized spacial score (nSPS) is 12.2. The average molecular weight is 286 g/mol. The molecule has 1 aromatic carbocycles. The van der Waals surface area contributed by atoms with Gasteiger partial charge in [0.1, 0.15) is 0 Å². The minimum Gasteiger partial charge on any atom is -0.376 e. The van der Waals surface area contributed by atoms with E-state index in [1.165, 1.54) is 15.8 Å². The maximum atomic E-state index is 12.2. The fraction of sp³-hybridized carbons (Fsp3) is 0.375. The second-order valence-corrected chi connectivity index (χ2v) is 5.33. The van der Waals surface area contributed by atoms with Crippen LogP contribution in [0.5, 0.6) is 0 Å². The molecule has 1 aromatic heterocycles. The van der Waals surface area contributed by atoms with E-state index in [9.17, 15) is 4.79 Å². The Balaban J connectivity index is 2.28. The van der Waals surface area contributed by atoms with Crippen molar-refractivity contribution >= 4 is 5.69 Å². The molecule has 0 spiro atoms. The molecule has 0 aliphatic heterocycles. The lowest BCUT2D eigenvalue weighted by atomic mass is 10.0. The van der Waals surface area contributed by atoms with Crippen LogP contribution in [0.1, 0.15) is 17.2 Å². The van der Waals surface area contributed by atoms with Crippen LogP contribution in [-0.4, -0.2) is 30.9 Å². The van der Waals surface area contributed by atoms with Crippen molar-refractivity contribution < 1.29 is 0 Å². The van der Waals surface area contributed by atoms with Crippen LogP contribution in [-0.2, 0) is 6.54 Å². The van der Waals surface area contributed by atoms with Crippen LogP contribution < -0.4 is 15.8 Å². The Morgan fingerprint density at radius 3 is 2.62 bits per heavy atom. The van der Waals surface area contributed by atoms with Gasteiger partial charge in [-0.3, -0.25) is 4.79 Å². The number of nitrogens with zero attached hydrogens (tertiary/aromatic N) is 3. The first-order chi connectivity index (χ1) is 10.0. The van der Waals surface area contributed by atoms with Crippen molar-refractivity contribution in [2.45, 2.75) is 19.5 Å². The smallest absolute Gasteiger partial charge is 0.268 e. The molecular formula is C16H22N4O. The molecule has 21 heavy (non-hydrogen) atoms. The fourth-order valence-electron chi connectivity index (χ4n) is 2.30. The van der Waals surface area contributed by atoms with E-state index in [0.717, 1.165) is 5.69 Å². The highest BCUT2D eigenvalue weighted by Crippen LogP contribution is 2.18. The molecule has 5 nitrogen and oxygen atoms in total. The monoisotopic (exact) mass is 286 g/mol. The molecule has 0 radical (unpaired) electrons. The van der Waals surface area contributed by atoms with E-state index >= 15 is 0 Å². The van der Waals surface area contributed by atoms with E-state index in [1.54, 1.807) is 12.3 Å². The number of aromatic nitrogens is 2. The lowest BCUT2D eigenvalue weighted by molar-refractivity contribution is 0.451. The molecule has 0 aliphatic carbocycles. The summed E-state index contributed by atoms with van der Waals surface area (Å²) in [5.74, 6) is 0. The molecule has 1 unspecified atom stereocenters. The molecule has 0 bridgehead atoms. The molecule has 0 amide bonds. The quantitative estimate of drug-likeness (QED) is 0.906. The number of hydrogen-bond acceptors (Lipinski definition) is 4. The van der Waals surface area contributed by atoms with Gasteiger partial charge in [0, 0.05) is 20.2 Å². The number of nitrogens with one attached hydrogen (secondary N) is 1. The van der Waals surface area contributed by atoms with Crippen molar-refractivity contribution in [1.29, 1.82) is 0 Å². The van der Waals surface area contributed by atoms with Crippen LogP contribution >= 0.6 is 0 Å². The average Bonchev–Trinajstić information content (AvgIpc) is 2.47. The zero-order chi connectivity index (χ0) is 15.4. The summed E-state index contributed by atoms with van der Waals surface area (Å²) in [5, 5.41) is 7.53. The minimum absolute atomic E-state index is 0.0570. The van der Waals surface area contributed by atoms with Gasteiger partial charge in [0.05, 0.1) is 24.5 Å². The first kappa shape index (κ1) is 15.3. The lowest BCUT2D eigenvalue weighted by Crippen LogP contribution is -2.31. The molecule has 0 aliphatic rings. The Hall–Kier alpha value is -2.14. The van der Waals surface area contributed by atoms with Crippen molar-refractivity contribution in [2.24, 2.45) is 0 Å². The van der Waals surface area contributed by atoms with Gasteiger partial charge in [-0.2, -0.15) is 5.10 Å². The van der Waals surface area contributed by atoms with Crippen molar-refractivity contribution in [3.8, 4) is 0 Å². The fourth-order valence-corrected chi connectivity index (χ4v) is 2.30. The van der Waals surface area contributed by atoms with Gasteiger partial charge in [0.15, 0.2) is 0 Å². The number of rotatable bonds is 5. The first-order valence-corrected chi connectivity index (χ1v) is 7.00. The molecule has 1 N–H and O–H groups in total. The van der Waals surface area contributed by atoms with Gasteiger partial charge in [-0.05, 0) is 25.1 Å². The summed E-state index contributed by atoms with van der Waals surface area (Å²) >= 11 is 0. The summed E-state index contributed by atoms with van der Waals surface area (Å²) in [7, 11) is 5.69. The van der Waals surface area contributed by atoms with Crippen molar-refractivity contribution in [3.05, 3.63) is 58.0 Å². The van der Waals surface area contributed by atoms with E-state index in [1.807, 2.05) is 38.2 Å². The van der Waals surface area contributed by atoms with Gasteiger partial charge < -0.3 is 10.2 Å². The van der Waals surface area contributed by atoms with Gasteiger partial charge in [-0.15, -0.1) is 0 Å². The Morgan fingerprint density at radius 1 is 1.33 bits per heavy atom. The molecule has 0 fully saturated rings. The summed E-state index contributed by atoms with van der Waals surface area (Å²) in [6.45, 7) is 2.58. The molecule has 0 saturated heterocycles. The summed E-state index contributed by atoms with van der Waals surface area (Å²) in [6.07, 6.45) is 1.71. The van der Waals surface area contributed by atoms with Crippen LogP contribution in [0.3, 0.4) is 0 Å². The van der Waals surface area contributed by atoms with Crippen molar-refractivity contribution in [2.75, 3.05) is 26.0 Å². The summed E-state index contributed by atoms with van der Waals surface area (Å²) < 4.78 is 1.50. The predicted octanol–water partition coefficient (Wildman–Crippen LogP) is 1.58. The van der Waals surface area contributed by atoms with Gasteiger partial charge >= 0.3 is 0 Å². The van der Waals surface area contributed by atoms with E-state index in [2.05, 4.69) is 29.5 Å². The van der Waals surface area contributed by atoms with Crippen LogP contribution in [0.15, 0.2) is 41.3 Å². The Kier molecular flexibility index (Phi) is 4.75. The Bertz CT molecular complexity index is 663. The molecule has 1 heterocycles. The highest BCUT2D eigenvalue weighted by atomic mass is 16.1. The molecular weight excluding hydrogens is 264 g/mol. The summed E-state index contributed by atoms with van der Waals surface area (Å²) in [5.41, 5.74) is 3.11. The minimum atomic E-state index is -0.0879. The standard InChI is InChI=1S/C16H22N4O/c1-12-7-5-6-8-14(12)15(17-2)11-20-16(21)9-13(10-18-20)19(3)4/h5-10,15,17H,11H2,1-4H3. The van der Waals surface area contributed by atoms with Crippen molar-refractivity contribution in [1.82, 2.24) is 15.1 Å². The number of anilines is 1. The summed E-state index contributed by atoms with van der Waals surface area (Å²) in [6, 6.07) is 9.85. The third kappa shape index (κ3) is 3.49. The summed E-state index contributed by atoms with van der Waals surface area (Å²) in [4.78, 5) is 14.0. The molecule has 0 saturated carbocycles. The maximum absolute atomic E-state index is 12.2. The molecule has 5 heteroatoms. The van der Waals surface area contributed by atoms with Crippen LogP contribution in [0.4, 0.5) is 5.69 Å². The first-order valence-electron chi connectivity index (χ1n) is 7.00. The highest BCUT2D eigenvalue weighted by molar-refractivity contribution is 5.40. The number of hydrogen-bond donors (Lipinski definition) is 1. The SMILES string of the molecule is CNC(Cn1ncc(N(C)C)cc1=O)c1ccccc1C. The zero-order valence-corrected chi connectivity index (χ0v) is 13.0. The predicted molar refractivity (Wildman–Crippen MR) is 85.8 cm³/mol. The second kappa shape index (κ2) is 6.54. The third-order valence-electron chi connectivity index (χ3n) is 3.64. The van der Waals surface area contributed by atoms with Crippen molar-refractivity contribution in [3.63, 3.8) is 0 Å². The Morgan fingerprint density at radius 2 is 2.05 bits per heavy atom. The van der Waals surface area contributed by atoms with E-state index in [4.69, 9.17) is 0 Å². The van der Waals surface area contributed by atoms with E-state index in [-0.39, 0.29) is 11.6 Å². The highest BCUT2D eigenvalue weighted by Gasteiger charge is 2.13. The van der Waals surface area contributed by atoms with E-state index < -0.39 is 0 Å². The molecule has 2 aromatic rings. The van der Waals surface area contributed by atoms with Crippen LogP contribution in [0, 0.1) is 6.92 Å². The molecule has 112 valence electrons. The van der Waals surface area contributed by atoms with Gasteiger partial charge in [-0.1, -0.05) is 24.3 Å². The van der Waals surface area contributed by atoms with Gasteiger partial charge in [0.2, 0.25) is 0 Å².